The SMILES string of the molecule is CCC1(c2ccc(C(=O)Nc3cccc(CN4CCN(c5ccccn5)CC4)c3)cc2)CC1. The smallest absolute Gasteiger partial charge is 0.255 e. The molecule has 0 atom stereocenters. The average molecular weight is 441 g/mol. The molecule has 5 nitrogen and oxygen atoms in total. The second kappa shape index (κ2) is 9.36. The molecule has 2 heterocycles. The van der Waals surface area contributed by atoms with Crippen LogP contribution < -0.4 is 10.2 Å². The molecule has 0 radical (unpaired) electrons. The monoisotopic (exact) mass is 440 g/mol. The van der Waals surface area contributed by atoms with E-state index in [1.165, 1.54) is 30.4 Å². The molecule has 1 saturated carbocycles. The molecule has 1 N–H and O–H groups in total. The summed E-state index contributed by atoms with van der Waals surface area (Å²) in [6.07, 6.45) is 5.55. The summed E-state index contributed by atoms with van der Waals surface area (Å²) in [6.45, 7) is 7.08. The van der Waals surface area contributed by atoms with Crippen molar-refractivity contribution in [1.29, 1.82) is 0 Å². The summed E-state index contributed by atoms with van der Waals surface area (Å²) in [7, 11) is 0. The average Bonchev–Trinajstić information content (AvgIpc) is 3.67. The van der Waals surface area contributed by atoms with Gasteiger partial charge in [-0.1, -0.05) is 37.3 Å². The molecule has 5 heteroatoms. The highest BCUT2D eigenvalue weighted by Gasteiger charge is 2.42. The number of carbonyl (C=O) groups is 1. The Morgan fingerprint density at radius 1 is 0.970 bits per heavy atom. The van der Waals surface area contributed by atoms with Gasteiger partial charge in [0.25, 0.3) is 5.91 Å². The molecule has 0 spiro atoms. The molecular formula is C28H32N4O. The fourth-order valence-corrected chi connectivity index (χ4v) is 4.86. The molecule has 1 aliphatic heterocycles. The van der Waals surface area contributed by atoms with E-state index in [-0.39, 0.29) is 5.91 Å². The van der Waals surface area contributed by atoms with Gasteiger partial charge in [0, 0.05) is 50.2 Å². The molecule has 2 fully saturated rings. The lowest BCUT2D eigenvalue weighted by Gasteiger charge is -2.35. The van der Waals surface area contributed by atoms with Crippen LogP contribution in [0.15, 0.2) is 72.9 Å². The lowest BCUT2D eigenvalue weighted by atomic mass is 9.92. The van der Waals surface area contributed by atoms with E-state index in [4.69, 9.17) is 0 Å². The van der Waals surface area contributed by atoms with Crippen molar-refractivity contribution >= 4 is 17.4 Å². The van der Waals surface area contributed by atoms with E-state index in [1.54, 1.807) is 0 Å². The van der Waals surface area contributed by atoms with Crippen molar-refractivity contribution in [3.05, 3.63) is 89.6 Å². The van der Waals surface area contributed by atoms with Gasteiger partial charge >= 0.3 is 0 Å². The van der Waals surface area contributed by atoms with Gasteiger partial charge in [0.05, 0.1) is 0 Å². The van der Waals surface area contributed by atoms with Gasteiger partial charge in [0.2, 0.25) is 0 Å². The van der Waals surface area contributed by atoms with Gasteiger partial charge in [0.1, 0.15) is 5.82 Å². The summed E-state index contributed by atoms with van der Waals surface area (Å²) < 4.78 is 0. The fraction of sp³-hybridized carbons (Fsp3) is 0.357. The summed E-state index contributed by atoms with van der Waals surface area (Å²) in [5.74, 6) is 1.00. The van der Waals surface area contributed by atoms with Crippen molar-refractivity contribution in [2.75, 3.05) is 36.4 Å². The first-order valence-electron chi connectivity index (χ1n) is 12.0. The molecule has 1 aromatic heterocycles. The highest BCUT2D eigenvalue weighted by molar-refractivity contribution is 6.04. The highest BCUT2D eigenvalue weighted by atomic mass is 16.1. The van der Waals surface area contributed by atoms with Gasteiger partial charge in [0.15, 0.2) is 0 Å². The summed E-state index contributed by atoms with van der Waals surface area (Å²) >= 11 is 0. The Labute approximate surface area is 196 Å². The van der Waals surface area contributed by atoms with Crippen LogP contribution >= 0.6 is 0 Å². The molecule has 33 heavy (non-hydrogen) atoms. The van der Waals surface area contributed by atoms with E-state index < -0.39 is 0 Å². The Hall–Kier alpha value is -3.18. The maximum Gasteiger partial charge on any atom is 0.255 e. The maximum atomic E-state index is 12.8. The van der Waals surface area contributed by atoms with E-state index in [1.807, 2.05) is 42.6 Å². The molecule has 5 rings (SSSR count). The zero-order valence-corrected chi connectivity index (χ0v) is 19.3. The van der Waals surface area contributed by atoms with Gasteiger partial charge in [-0.25, -0.2) is 4.98 Å². The van der Waals surface area contributed by atoms with Crippen LogP contribution in [0.4, 0.5) is 11.5 Å². The molecule has 2 aromatic carbocycles. The first-order chi connectivity index (χ1) is 16.1. The van der Waals surface area contributed by atoms with E-state index >= 15 is 0 Å². The second-order valence-corrected chi connectivity index (χ2v) is 9.32. The predicted octanol–water partition coefficient (Wildman–Crippen LogP) is 5.10. The van der Waals surface area contributed by atoms with Crippen molar-refractivity contribution < 1.29 is 4.79 Å². The third-order valence-electron chi connectivity index (χ3n) is 7.23. The minimum Gasteiger partial charge on any atom is -0.354 e. The minimum atomic E-state index is -0.0518. The lowest BCUT2D eigenvalue weighted by molar-refractivity contribution is 0.102. The van der Waals surface area contributed by atoms with Gasteiger partial charge < -0.3 is 10.2 Å². The van der Waals surface area contributed by atoms with E-state index in [9.17, 15) is 4.79 Å². The molecule has 1 aliphatic carbocycles. The van der Waals surface area contributed by atoms with Crippen LogP contribution in [-0.4, -0.2) is 42.0 Å². The summed E-state index contributed by atoms with van der Waals surface area (Å²) in [6, 6.07) is 22.5. The van der Waals surface area contributed by atoms with Crippen LogP contribution in [0.1, 0.15) is 47.7 Å². The van der Waals surface area contributed by atoms with Crippen LogP contribution in [-0.2, 0) is 12.0 Å². The van der Waals surface area contributed by atoms with E-state index in [2.05, 4.69) is 57.4 Å². The number of benzene rings is 2. The number of anilines is 2. The first-order valence-corrected chi connectivity index (χ1v) is 12.0. The normalized spacial score (nSPS) is 17.5. The summed E-state index contributed by atoms with van der Waals surface area (Å²) in [4.78, 5) is 22.1. The Bertz CT molecular complexity index is 1080. The minimum absolute atomic E-state index is 0.0518. The molecule has 3 aromatic rings. The maximum absolute atomic E-state index is 12.8. The van der Waals surface area contributed by atoms with Crippen molar-refractivity contribution in [1.82, 2.24) is 9.88 Å². The second-order valence-electron chi connectivity index (χ2n) is 9.32. The number of aromatic nitrogens is 1. The zero-order valence-electron chi connectivity index (χ0n) is 19.3. The molecule has 0 bridgehead atoms. The zero-order chi connectivity index (χ0) is 22.7. The molecule has 2 aliphatic rings. The highest BCUT2D eigenvalue weighted by Crippen LogP contribution is 2.50. The topological polar surface area (TPSA) is 48.5 Å². The summed E-state index contributed by atoms with van der Waals surface area (Å²) in [5, 5.41) is 3.08. The quantitative estimate of drug-likeness (QED) is 0.555. The molecule has 0 unspecified atom stereocenters. The van der Waals surface area contributed by atoms with Crippen molar-refractivity contribution in [3.63, 3.8) is 0 Å². The van der Waals surface area contributed by atoms with Gasteiger partial charge in [-0.3, -0.25) is 9.69 Å². The third-order valence-corrected chi connectivity index (χ3v) is 7.23. The number of pyridine rings is 1. The van der Waals surface area contributed by atoms with Crippen LogP contribution in [0.25, 0.3) is 0 Å². The Morgan fingerprint density at radius 2 is 1.76 bits per heavy atom. The van der Waals surface area contributed by atoms with Crippen LogP contribution in [0.2, 0.25) is 0 Å². The number of carbonyl (C=O) groups excluding carboxylic acids is 1. The molecule has 170 valence electrons. The van der Waals surface area contributed by atoms with Gasteiger partial charge in [-0.15, -0.1) is 0 Å². The lowest BCUT2D eigenvalue weighted by Crippen LogP contribution is -2.46. The number of nitrogens with zero attached hydrogens (tertiary/aromatic N) is 3. The largest absolute Gasteiger partial charge is 0.354 e. The first kappa shape index (κ1) is 21.7. The van der Waals surface area contributed by atoms with E-state index in [0.29, 0.717) is 11.0 Å². The van der Waals surface area contributed by atoms with Gasteiger partial charge in [-0.2, -0.15) is 0 Å². The number of hydrogen-bond acceptors (Lipinski definition) is 4. The number of hydrogen-bond donors (Lipinski definition) is 1. The third kappa shape index (κ3) is 4.93. The van der Waals surface area contributed by atoms with Crippen LogP contribution in [0.5, 0.6) is 0 Å². The van der Waals surface area contributed by atoms with Crippen molar-refractivity contribution in [3.8, 4) is 0 Å². The van der Waals surface area contributed by atoms with Gasteiger partial charge in [-0.05, 0) is 72.2 Å². The van der Waals surface area contributed by atoms with E-state index in [0.717, 1.165) is 44.2 Å². The van der Waals surface area contributed by atoms with Crippen LogP contribution in [0.3, 0.4) is 0 Å². The molecular weight excluding hydrogens is 408 g/mol. The van der Waals surface area contributed by atoms with Crippen molar-refractivity contribution in [2.45, 2.75) is 38.1 Å². The van der Waals surface area contributed by atoms with Crippen molar-refractivity contribution in [2.24, 2.45) is 0 Å². The fourth-order valence-electron chi connectivity index (χ4n) is 4.86. The van der Waals surface area contributed by atoms with Crippen LogP contribution in [0, 0.1) is 0 Å². The number of piperazine rings is 1. The molecule has 1 amide bonds. The standard InChI is InChI=1S/C28H32N4O/c1-2-28(13-14-28)24-11-9-23(10-12-24)27(33)30-25-7-5-6-22(20-25)21-31-16-18-32(19-17-31)26-8-3-4-15-29-26/h3-12,15,20H,2,13-14,16-19,21H2,1H3,(H,30,33). The Kier molecular flexibility index (Phi) is 6.14. The Balaban J connectivity index is 1.16. The number of nitrogens with one attached hydrogen (secondary N) is 1. The predicted molar refractivity (Wildman–Crippen MR) is 134 cm³/mol. The summed E-state index contributed by atoms with van der Waals surface area (Å²) in [5.41, 5.74) is 4.51. The Morgan fingerprint density at radius 3 is 2.42 bits per heavy atom. The number of amides is 1. The number of rotatable bonds is 7. The molecule has 1 saturated heterocycles.